The van der Waals surface area contributed by atoms with Crippen molar-refractivity contribution in [3.63, 3.8) is 0 Å². The Hall–Kier alpha value is -1.94. The molecule has 4 heteroatoms. The van der Waals surface area contributed by atoms with E-state index < -0.39 is 5.60 Å². The molecule has 22 heavy (non-hydrogen) atoms. The quantitative estimate of drug-likeness (QED) is 0.786. The number of benzene rings is 1. The van der Waals surface area contributed by atoms with Gasteiger partial charge in [0.2, 0.25) is 0 Å². The summed E-state index contributed by atoms with van der Waals surface area (Å²) < 4.78 is 2.19. The van der Waals surface area contributed by atoms with Gasteiger partial charge in [0, 0.05) is 5.39 Å². The molecule has 2 heterocycles. The van der Waals surface area contributed by atoms with Gasteiger partial charge in [-0.3, -0.25) is 4.98 Å². The van der Waals surface area contributed by atoms with Gasteiger partial charge < -0.3 is 9.67 Å². The third-order valence-electron chi connectivity index (χ3n) is 4.91. The van der Waals surface area contributed by atoms with Crippen LogP contribution in [0.15, 0.2) is 30.5 Å². The minimum Gasteiger partial charge on any atom is -0.388 e. The molecule has 0 radical (unpaired) electrons. The average Bonchev–Trinajstić information content (AvgIpc) is 2.84. The summed E-state index contributed by atoms with van der Waals surface area (Å²) in [5.74, 6) is 0.951. The number of rotatable bonds is 2. The zero-order valence-corrected chi connectivity index (χ0v) is 12.9. The van der Waals surface area contributed by atoms with E-state index in [0.29, 0.717) is 6.54 Å². The molecular weight excluding hydrogens is 274 g/mol. The molecule has 0 unspecified atom stereocenters. The molecule has 0 saturated heterocycles. The fourth-order valence-corrected chi connectivity index (χ4v) is 3.73. The van der Waals surface area contributed by atoms with E-state index in [2.05, 4.69) is 20.6 Å². The maximum Gasteiger partial charge on any atom is 0.108 e. The molecule has 1 aliphatic carbocycles. The van der Waals surface area contributed by atoms with E-state index >= 15 is 0 Å². The molecule has 2 aromatic heterocycles. The number of fused-ring (bicyclic) bond motifs is 3. The Morgan fingerprint density at radius 3 is 2.73 bits per heavy atom. The van der Waals surface area contributed by atoms with Gasteiger partial charge in [-0.05, 0) is 25.8 Å². The molecule has 4 rings (SSSR count). The summed E-state index contributed by atoms with van der Waals surface area (Å²) in [7, 11) is 0. The maximum atomic E-state index is 10.9. The van der Waals surface area contributed by atoms with E-state index in [9.17, 15) is 5.11 Å². The Morgan fingerprint density at radius 2 is 1.91 bits per heavy atom. The standard InChI is InChI=1S/C18H21N3O/c1-13-20-16-11-19-15-8-4-3-7-14(15)17(16)21(13)12-18(22)9-5-2-6-10-18/h3-4,7-8,11,22H,2,5-6,9-10,12H2,1H3. The molecule has 0 spiro atoms. The Bertz CT molecular complexity index is 831. The first kappa shape index (κ1) is 13.7. The summed E-state index contributed by atoms with van der Waals surface area (Å²) in [6, 6.07) is 8.15. The predicted molar refractivity (Wildman–Crippen MR) is 87.8 cm³/mol. The molecule has 114 valence electrons. The lowest BCUT2D eigenvalue weighted by atomic mass is 9.85. The Morgan fingerprint density at radius 1 is 1.14 bits per heavy atom. The van der Waals surface area contributed by atoms with E-state index in [-0.39, 0.29) is 0 Å². The van der Waals surface area contributed by atoms with Crippen LogP contribution in [-0.2, 0) is 6.54 Å². The van der Waals surface area contributed by atoms with Gasteiger partial charge in [0.25, 0.3) is 0 Å². The molecule has 1 aliphatic rings. The van der Waals surface area contributed by atoms with Crippen LogP contribution in [0.5, 0.6) is 0 Å². The fraction of sp³-hybridized carbons (Fsp3) is 0.444. The van der Waals surface area contributed by atoms with E-state index in [1.807, 2.05) is 31.3 Å². The highest BCUT2D eigenvalue weighted by Gasteiger charge is 2.31. The van der Waals surface area contributed by atoms with Crippen molar-refractivity contribution in [3.8, 4) is 0 Å². The highest BCUT2D eigenvalue weighted by molar-refractivity contribution is 6.02. The summed E-state index contributed by atoms with van der Waals surface area (Å²) in [5, 5.41) is 12.0. The molecule has 3 aromatic rings. The lowest BCUT2D eigenvalue weighted by Crippen LogP contribution is -2.36. The number of aryl methyl sites for hydroxylation is 1. The molecule has 4 nitrogen and oxygen atoms in total. The molecule has 1 N–H and O–H groups in total. The average molecular weight is 295 g/mol. The van der Waals surface area contributed by atoms with Gasteiger partial charge in [-0.25, -0.2) is 4.98 Å². The van der Waals surface area contributed by atoms with Crippen LogP contribution in [0.4, 0.5) is 0 Å². The first-order valence-electron chi connectivity index (χ1n) is 8.09. The molecule has 1 fully saturated rings. The van der Waals surface area contributed by atoms with Gasteiger partial charge in [0.15, 0.2) is 0 Å². The molecule has 0 amide bonds. The second-order valence-electron chi connectivity index (χ2n) is 6.54. The highest BCUT2D eigenvalue weighted by atomic mass is 16.3. The number of aromatic nitrogens is 3. The van der Waals surface area contributed by atoms with Crippen molar-refractivity contribution in [2.45, 2.75) is 51.2 Å². The van der Waals surface area contributed by atoms with Crippen LogP contribution < -0.4 is 0 Å². The largest absolute Gasteiger partial charge is 0.388 e. The summed E-state index contributed by atoms with van der Waals surface area (Å²) in [6.45, 7) is 2.64. The predicted octanol–water partition coefficient (Wildman–Crippen LogP) is 3.59. The first-order chi connectivity index (χ1) is 10.7. The van der Waals surface area contributed by atoms with Gasteiger partial charge in [-0.2, -0.15) is 0 Å². The fourth-order valence-electron chi connectivity index (χ4n) is 3.73. The smallest absolute Gasteiger partial charge is 0.108 e. The number of imidazole rings is 1. The van der Waals surface area contributed by atoms with Gasteiger partial charge in [0.1, 0.15) is 11.3 Å². The van der Waals surface area contributed by atoms with Crippen LogP contribution >= 0.6 is 0 Å². The van der Waals surface area contributed by atoms with Crippen molar-refractivity contribution < 1.29 is 5.11 Å². The monoisotopic (exact) mass is 295 g/mol. The topological polar surface area (TPSA) is 50.9 Å². The minimum atomic E-state index is -0.596. The lowest BCUT2D eigenvalue weighted by molar-refractivity contribution is -0.0109. The Labute approximate surface area is 129 Å². The maximum absolute atomic E-state index is 10.9. The lowest BCUT2D eigenvalue weighted by Gasteiger charge is -2.33. The van der Waals surface area contributed by atoms with Gasteiger partial charge in [-0.1, -0.05) is 37.5 Å². The molecule has 1 aromatic carbocycles. The van der Waals surface area contributed by atoms with Crippen LogP contribution in [-0.4, -0.2) is 25.2 Å². The van der Waals surface area contributed by atoms with Crippen LogP contribution in [0, 0.1) is 6.92 Å². The van der Waals surface area contributed by atoms with E-state index in [0.717, 1.165) is 53.4 Å². The van der Waals surface area contributed by atoms with Crippen molar-refractivity contribution >= 4 is 21.9 Å². The molecule has 0 aliphatic heterocycles. The first-order valence-corrected chi connectivity index (χ1v) is 8.09. The second-order valence-corrected chi connectivity index (χ2v) is 6.54. The number of nitrogens with zero attached hydrogens (tertiary/aromatic N) is 3. The SMILES string of the molecule is Cc1nc2cnc3ccccc3c2n1CC1(O)CCCCC1. The number of hydrogen-bond donors (Lipinski definition) is 1. The third kappa shape index (κ3) is 2.18. The summed E-state index contributed by atoms with van der Waals surface area (Å²) in [4.78, 5) is 9.14. The van der Waals surface area contributed by atoms with Crippen LogP contribution in [0.1, 0.15) is 37.9 Å². The van der Waals surface area contributed by atoms with Gasteiger partial charge in [0.05, 0.1) is 29.4 Å². The van der Waals surface area contributed by atoms with Crippen molar-refractivity contribution in [2.24, 2.45) is 0 Å². The van der Waals surface area contributed by atoms with Gasteiger partial charge >= 0.3 is 0 Å². The zero-order chi connectivity index (χ0) is 15.2. The van der Waals surface area contributed by atoms with E-state index in [1.54, 1.807) is 0 Å². The number of hydrogen-bond acceptors (Lipinski definition) is 3. The van der Waals surface area contributed by atoms with Crippen LogP contribution in [0.2, 0.25) is 0 Å². The van der Waals surface area contributed by atoms with Crippen molar-refractivity contribution in [2.75, 3.05) is 0 Å². The van der Waals surface area contributed by atoms with E-state index in [4.69, 9.17) is 0 Å². The number of para-hydroxylation sites is 1. The molecule has 1 saturated carbocycles. The Balaban J connectivity index is 1.89. The third-order valence-corrected chi connectivity index (χ3v) is 4.91. The number of aliphatic hydroxyl groups is 1. The zero-order valence-electron chi connectivity index (χ0n) is 12.9. The second kappa shape index (κ2) is 5.06. The van der Waals surface area contributed by atoms with Crippen LogP contribution in [0.25, 0.3) is 21.9 Å². The molecule has 0 bridgehead atoms. The summed E-state index contributed by atoms with van der Waals surface area (Å²) >= 11 is 0. The normalized spacial score (nSPS) is 18.1. The van der Waals surface area contributed by atoms with Crippen molar-refractivity contribution in [1.29, 1.82) is 0 Å². The molecule has 0 atom stereocenters. The highest BCUT2D eigenvalue weighted by Crippen LogP contribution is 2.32. The van der Waals surface area contributed by atoms with Crippen LogP contribution in [0.3, 0.4) is 0 Å². The van der Waals surface area contributed by atoms with Crippen molar-refractivity contribution in [3.05, 3.63) is 36.3 Å². The summed E-state index contributed by atoms with van der Waals surface area (Å²) in [5.41, 5.74) is 2.39. The van der Waals surface area contributed by atoms with E-state index in [1.165, 1.54) is 6.42 Å². The minimum absolute atomic E-state index is 0.596. The molecular formula is C18H21N3O. The Kier molecular flexibility index (Phi) is 3.15. The summed E-state index contributed by atoms with van der Waals surface area (Å²) in [6.07, 6.45) is 7.07. The number of pyridine rings is 1. The van der Waals surface area contributed by atoms with Gasteiger partial charge in [-0.15, -0.1) is 0 Å². The van der Waals surface area contributed by atoms with Crippen molar-refractivity contribution in [1.82, 2.24) is 14.5 Å².